The highest BCUT2D eigenvalue weighted by atomic mass is 32.1. The van der Waals surface area contributed by atoms with Crippen LogP contribution in [0.1, 0.15) is 26.2 Å². The summed E-state index contributed by atoms with van der Waals surface area (Å²) in [5.74, 6) is -0.304. The lowest BCUT2D eigenvalue weighted by Crippen LogP contribution is -2.48. The topological polar surface area (TPSA) is 82.6 Å². The lowest BCUT2D eigenvalue weighted by atomic mass is 10.2. The van der Waals surface area contributed by atoms with Gasteiger partial charge in [-0.15, -0.1) is 0 Å². The average Bonchev–Trinajstić information content (AvgIpc) is 2.75. The Morgan fingerprint density at radius 2 is 2.35 bits per heavy atom. The van der Waals surface area contributed by atoms with E-state index >= 15 is 0 Å². The standard InChI is InChI=1S/C10H19N3O3S/c1-7(14)5-9(15)12-13-10(17)11-6-8-3-2-4-16-8/h7-8,14H,2-6H2,1H3,(H,12,15)(H2,11,13,17)/t7-,8+/m0/s1. The van der Waals surface area contributed by atoms with E-state index in [0.29, 0.717) is 11.7 Å². The van der Waals surface area contributed by atoms with Crippen molar-refractivity contribution in [2.75, 3.05) is 13.2 Å². The predicted octanol–water partition coefficient (Wildman–Crippen LogP) is -0.568. The maximum atomic E-state index is 11.2. The molecule has 0 aliphatic carbocycles. The Hall–Kier alpha value is -0.920. The Kier molecular flexibility index (Phi) is 6.17. The molecule has 1 amide bonds. The van der Waals surface area contributed by atoms with Gasteiger partial charge in [0.1, 0.15) is 0 Å². The largest absolute Gasteiger partial charge is 0.393 e. The van der Waals surface area contributed by atoms with Crippen molar-refractivity contribution in [3.05, 3.63) is 0 Å². The van der Waals surface area contributed by atoms with Crippen molar-refractivity contribution >= 4 is 23.2 Å². The number of rotatable bonds is 4. The zero-order valence-corrected chi connectivity index (χ0v) is 10.7. The highest BCUT2D eigenvalue weighted by Crippen LogP contribution is 2.10. The minimum atomic E-state index is -0.662. The molecule has 0 aromatic heterocycles. The zero-order chi connectivity index (χ0) is 12.7. The first-order valence-electron chi connectivity index (χ1n) is 5.70. The van der Waals surface area contributed by atoms with Gasteiger partial charge in [-0.2, -0.15) is 0 Å². The highest BCUT2D eigenvalue weighted by Gasteiger charge is 2.15. The van der Waals surface area contributed by atoms with Gasteiger partial charge in [0.15, 0.2) is 5.11 Å². The van der Waals surface area contributed by atoms with Crippen molar-refractivity contribution in [2.45, 2.75) is 38.4 Å². The van der Waals surface area contributed by atoms with Crippen LogP contribution in [0.4, 0.5) is 0 Å². The van der Waals surface area contributed by atoms with E-state index in [0.717, 1.165) is 19.4 Å². The third-order valence-corrected chi connectivity index (χ3v) is 2.56. The number of carbonyl (C=O) groups excluding carboxylic acids is 1. The van der Waals surface area contributed by atoms with Gasteiger partial charge in [-0.3, -0.25) is 15.6 Å². The lowest BCUT2D eigenvalue weighted by molar-refractivity contribution is -0.123. The number of aliphatic hydroxyl groups is 1. The van der Waals surface area contributed by atoms with Gasteiger partial charge in [0.25, 0.3) is 0 Å². The van der Waals surface area contributed by atoms with E-state index in [-0.39, 0.29) is 18.4 Å². The van der Waals surface area contributed by atoms with Crippen molar-refractivity contribution in [2.24, 2.45) is 0 Å². The highest BCUT2D eigenvalue weighted by molar-refractivity contribution is 7.80. The first-order valence-corrected chi connectivity index (χ1v) is 6.11. The van der Waals surface area contributed by atoms with Crippen molar-refractivity contribution in [3.8, 4) is 0 Å². The van der Waals surface area contributed by atoms with E-state index in [1.165, 1.54) is 0 Å². The van der Waals surface area contributed by atoms with Crippen molar-refractivity contribution in [1.29, 1.82) is 0 Å². The van der Waals surface area contributed by atoms with Gasteiger partial charge in [-0.05, 0) is 32.0 Å². The molecule has 1 saturated heterocycles. The van der Waals surface area contributed by atoms with Gasteiger partial charge in [-0.1, -0.05) is 0 Å². The number of hydrazine groups is 1. The van der Waals surface area contributed by atoms with E-state index in [1.807, 2.05) is 0 Å². The number of hydrogen-bond acceptors (Lipinski definition) is 4. The second-order valence-electron chi connectivity index (χ2n) is 4.07. The number of aliphatic hydroxyl groups excluding tert-OH is 1. The Balaban J connectivity index is 2.06. The summed E-state index contributed by atoms with van der Waals surface area (Å²) in [6.07, 6.45) is 1.69. The molecule has 1 aliphatic rings. The first kappa shape index (κ1) is 14.1. The molecule has 0 aromatic carbocycles. The average molecular weight is 261 g/mol. The van der Waals surface area contributed by atoms with E-state index in [1.54, 1.807) is 6.92 Å². The molecular formula is C10H19N3O3S. The summed E-state index contributed by atoms with van der Waals surface area (Å²) in [6, 6.07) is 0. The normalized spacial score (nSPS) is 20.7. The first-order chi connectivity index (χ1) is 8.08. The molecule has 2 atom stereocenters. The molecular weight excluding hydrogens is 242 g/mol. The Morgan fingerprint density at radius 3 is 2.94 bits per heavy atom. The number of carbonyl (C=O) groups is 1. The van der Waals surface area contributed by atoms with Crippen LogP contribution in [0.2, 0.25) is 0 Å². The fourth-order valence-corrected chi connectivity index (χ4v) is 1.64. The summed E-state index contributed by atoms with van der Waals surface area (Å²) in [5.41, 5.74) is 4.96. The Bertz CT molecular complexity index is 268. The summed E-state index contributed by atoms with van der Waals surface area (Å²) in [5, 5.41) is 12.3. The molecule has 1 aliphatic heterocycles. The van der Waals surface area contributed by atoms with Gasteiger partial charge in [0.05, 0.1) is 18.6 Å². The van der Waals surface area contributed by atoms with Crippen LogP contribution in [0.5, 0.6) is 0 Å². The minimum absolute atomic E-state index is 0.0430. The van der Waals surface area contributed by atoms with Crippen molar-refractivity contribution < 1.29 is 14.6 Å². The molecule has 7 heteroatoms. The number of amides is 1. The van der Waals surface area contributed by atoms with E-state index in [4.69, 9.17) is 22.1 Å². The SMILES string of the molecule is C[C@H](O)CC(=O)NNC(=S)NC[C@H]1CCCO1. The molecule has 1 heterocycles. The summed E-state index contributed by atoms with van der Waals surface area (Å²) >= 11 is 4.97. The fourth-order valence-electron chi connectivity index (χ4n) is 1.50. The summed E-state index contributed by atoms with van der Waals surface area (Å²) in [6.45, 7) is 2.99. The van der Waals surface area contributed by atoms with Crippen LogP contribution in [0.3, 0.4) is 0 Å². The molecule has 17 heavy (non-hydrogen) atoms. The van der Waals surface area contributed by atoms with Gasteiger partial charge in [0, 0.05) is 13.2 Å². The lowest BCUT2D eigenvalue weighted by Gasteiger charge is -2.14. The molecule has 0 saturated carbocycles. The van der Waals surface area contributed by atoms with E-state index in [2.05, 4.69) is 16.2 Å². The molecule has 0 radical (unpaired) electrons. The maximum absolute atomic E-state index is 11.2. The Labute approximate surface area is 106 Å². The minimum Gasteiger partial charge on any atom is -0.393 e. The van der Waals surface area contributed by atoms with Crippen molar-refractivity contribution in [3.63, 3.8) is 0 Å². The van der Waals surface area contributed by atoms with Crippen LogP contribution in [0, 0.1) is 0 Å². The van der Waals surface area contributed by atoms with Crippen LogP contribution < -0.4 is 16.2 Å². The molecule has 6 nitrogen and oxygen atoms in total. The molecule has 98 valence electrons. The van der Waals surface area contributed by atoms with E-state index in [9.17, 15) is 4.79 Å². The zero-order valence-electron chi connectivity index (χ0n) is 9.86. The number of hydrogen-bond donors (Lipinski definition) is 4. The van der Waals surface area contributed by atoms with Gasteiger partial charge < -0.3 is 15.2 Å². The molecule has 0 aromatic rings. The van der Waals surface area contributed by atoms with Gasteiger partial charge >= 0.3 is 0 Å². The monoisotopic (exact) mass is 261 g/mol. The number of nitrogens with one attached hydrogen (secondary N) is 3. The second kappa shape index (κ2) is 7.41. The predicted molar refractivity (Wildman–Crippen MR) is 67.2 cm³/mol. The quantitative estimate of drug-likeness (QED) is 0.401. The molecule has 0 unspecified atom stereocenters. The molecule has 0 spiro atoms. The second-order valence-corrected chi connectivity index (χ2v) is 4.48. The van der Waals surface area contributed by atoms with Gasteiger partial charge in [0.2, 0.25) is 5.91 Å². The summed E-state index contributed by atoms with van der Waals surface area (Å²) in [7, 11) is 0. The van der Waals surface area contributed by atoms with Gasteiger partial charge in [-0.25, -0.2) is 0 Å². The summed E-state index contributed by atoms with van der Waals surface area (Å²) < 4.78 is 5.41. The van der Waals surface area contributed by atoms with Crippen molar-refractivity contribution in [1.82, 2.24) is 16.2 Å². The number of thiocarbonyl (C=S) groups is 1. The van der Waals surface area contributed by atoms with Crippen LogP contribution in [0.15, 0.2) is 0 Å². The molecule has 1 rings (SSSR count). The van der Waals surface area contributed by atoms with E-state index < -0.39 is 6.10 Å². The molecule has 4 N–H and O–H groups in total. The fraction of sp³-hybridized carbons (Fsp3) is 0.800. The van der Waals surface area contributed by atoms with Crippen LogP contribution in [-0.4, -0.2) is 41.5 Å². The molecule has 0 bridgehead atoms. The van der Waals surface area contributed by atoms with Crippen LogP contribution >= 0.6 is 12.2 Å². The third kappa shape index (κ3) is 6.40. The smallest absolute Gasteiger partial charge is 0.240 e. The maximum Gasteiger partial charge on any atom is 0.240 e. The Morgan fingerprint density at radius 1 is 1.59 bits per heavy atom. The summed E-state index contributed by atoms with van der Waals surface area (Å²) in [4.78, 5) is 11.2. The third-order valence-electron chi connectivity index (χ3n) is 2.31. The molecule has 1 fully saturated rings. The number of ether oxygens (including phenoxy) is 1. The van der Waals surface area contributed by atoms with Crippen LogP contribution in [0.25, 0.3) is 0 Å². The van der Waals surface area contributed by atoms with Crippen LogP contribution in [-0.2, 0) is 9.53 Å².